The summed E-state index contributed by atoms with van der Waals surface area (Å²) in [4.78, 5) is 9.49. The van der Waals surface area contributed by atoms with Crippen LogP contribution < -0.4 is 10.2 Å². The lowest BCUT2D eigenvalue weighted by molar-refractivity contribution is 0.408. The minimum Gasteiger partial charge on any atom is -0.355 e. The van der Waals surface area contributed by atoms with Crippen LogP contribution in [0.4, 0.5) is 5.82 Å². The van der Waals surface area contributed by atoms with Crippen LogP contribution in [0.5, 0.6) is 0 Å². The van der Waals surface area contributed by atoms with Crippen LogP contribution in [0.3, 0.4) is 0 Å². The van der Waals surface area contributed by atoms with Crippen molar-refractivity contribution in [3.8, 4) is 0 Å². The summed E-state index contributed by atoms with van der Waals surface area (Å²) in [7, 11) is 6.23. The van der Waals surface area contributed by atoms with Crippen molar-refractivity contribution in [2.75, 3.05) is 45.7 Å². The largest absolute Gasteiger partial charge is 0.355 e. The number of nitrogens with one attached hydrogen (secondary N) is 1. The molecule has 0 radical (unpaired) electrons. The summed E-state index contributed by atoms with van der Waals surface area (Å²) < 4.78 is 0. The molecule has 0 aliphatic heterocycles. The van der Waals surface area contributed by atoms with Gasteiger partial charge in [-0.3, -0.25) is 0 Å². The van der Waals surface area contributed by atoms with E-state index in [9.17, 15) is 0 Å². The van der Waals surface area contributed by atoms with E-state index < -0.39 is 0 Å². The Kier molecular flexibility index (Phi) is 7.68. The van der Waals surface area contributed by atoms with Gasteiger partial charge in [0, 0.05) is 31.9 Å². The molecule has 0 unspecified atom stereocenters. The number of rotatable bonds is 9. The van der Waals surface area contributed by atoms with Crippen molar-refractivity contribution in [3.63, 3.8) is 0 Å². The van der Waals surface area contributed by atoms with Gasteiger partial charge in [-0.15, -0.1) is 0 Å². The Morgan fingerprint density at radius 3 is 2.43 bits per heavy atom. The van der Waals surface area contributed by atoms with Crippen molar-refractivity contribution >= 4 is 5.82 Å². The maximum absolute atomic E-state index is 4.85. The number of likely N-dealkylation sites (N-methyl/N-ethyl adjacent to an activating group) is 1. The Hall–Kier alpha value is -1.13. The molecule has 1 heterocycles. The zero-order chi connectivity index (χ0) is 15.8. The Bertz CT molecular complexity index is 415. The van der Waals surface area contributed by atoms with E-state index in [0.717, 1.165) is 38.4 Å². The number of nitrogens with zero attached hydrogens (tertiary/aromatic N) is 3. The molecule has 0 spiro atoms. The summed E-state index contributed by atoms with van der Waals surface area (Å²) in [6.07, 6.45) is 0.980. The predicted octanol–water partition coefficient (Wildman–Crippen LogP) is 2.39. The van der Waals surface area contributed by atoms with E-state index in [1.165, 1.54) is 11.3 Å². The molecule has 0 amide bonds. The first-order chi connectivity index (χ1) is 9.96. The first kappa shape index (κ1) is 17.9. The fourth-order valence-electron chi connectivity index (χ4n) is 2.34. The maximum atomic E-state index is 4.85. The Balaban J connectivity index is 3.00. The third-order valence-corrected chi connectivity index (χ3v) is 3.39. The molecule has 120 valence electrons. The molecule has 0 fully saturated rings. The lowest BCUT2D eigenvalue weighted by Gasteiger charge is -2.28. The average Bonchev–Trinajstić information content (AvgIpc) is 2.42. The molecule has 4 heteroatoms. The fourth-order valence-corrected chi connectivity index (χ4v) is 2.34. The molecular formula is C17H32N4. The second-order valence-electron chi connectivity index (χ2n) is 6.35. The highest BCUT2D eigenvalue weighted by Gasteiger charge is 2.12. The third-order valence-electron chi connectivity index (χ3n) is 3.39. The quantitative estimate of drug-likeness (QED) is 0.757. The van der Waals surface area contributed by atoms with Crippen molar-refractivity contribution < 1.29 is 0 Å². The summed E-state index contributed by atoms with van der Waals surface area (Å²) in [5.74, 6) is 1.75. The van der Waals surface area contributed by atoms with E-state index in [1.807, 2.05) is 7.05 Å². The standard InChI is InChI=1S/C17H32N4/c1-7-16-10-15(12-18-4)11-17(19-16)21(13-14(2)3)9-8-20(5)6/h10-11,14,18H,7-9,12-13H2,1-6H3. The van der Waals surface area contributed by atoms with Gasteiger partial charge >= 0.3 is 0 Å². The van der Waals surface area contributed by atoms with Crippen LogP contribution in [0.15, 0.2) is 12.1 Å². The molecule has 0 aliphatic rings. The lowest BCUT2D eigenvalue weighted by Crippen LogP contribution is -2.35. The first-order valence-corrected chi connectivity index (χ1v) is 8.00. The van der Waals surface area contributed by atoms with Gasteiger partial charge in [-0.25, -0.2) is 4.98 Å². The smallest absolute Gasteiger partial charge is 0.129 e. The molecule has 0 aromatic carbocycles. The van der Waals surface area contributed by atoms with E-state index in [2.05, 4.69) is 62.1 Å². The number of hydrogen-bond donors (Lipinski definition) is 1. The van der Waals surface area contributed by atoms with Crippen molar-refractivity contribution in [2.45, 2.75) is 33.7 Å². The van der Waals surface area contributed by atoms with E-state index in [0.29, 0.717) is 5.92 Å². The molecular weight excluding hydrogens is 260 g/mol. The van der Waals surface area contributed by atoms with Crippen LogP contribution in [0.25, 0.3) is 0 Å². The second kappa shape index (κ2) is 9.00. The number of anilines is 1. The van der Waals surface area contributed by atoms with Gasteiger partial charge in [0.15, 0.2) is 0 Å². The SMILES string of the molecule is CCc1cc(CNC)cc(N(CCN(C)C)CC(C)C)n1. The van der Waals surface area contributed by atoms with Gasteiger partial charge in [0.05, 0.1) is 0 Å². The van der Waals surface area contributed by atoms with Crippen LogP contribution in [-0.4, -0.2) is 50.7 Å². The molecule has 0 saturated heterocycles. The van der Waals surface area contributed by atoms with Crippen molar-refractivity contribution in [1.82, 2.24) is 15.2 Å². The van der Waals surface area contributed by atoms with Crippen molar-refractivity contribution in [3.05, 3.63) is 23.4 Å². The second-order valence-corrected chi connectivity index (χ2v) is 6.35. The highest BCUT2D eigenvalue weighted by Crippen LogP contribution is 2.17. The van der Waals surface area contributed by atoms with E-state index in [4.69, 9.17) is 4.98 Å². The van der Waals surface area contributed by atoms with Crippen LogP contribution in [0.2, 0.25) is 0 Å². The lowest BCUT2D eigenvalue weighted by atomic mass is 10.1. The summed E-state index contributed by atoms with van der Waals surface area (Å²) >= 11 is 0. The molecule has 0 saturated carbocycles. The molecule has 0 atom stereocenters. The highest BCUT2D eigenvalue weighted by molar-refractivity contribution is 5.43. The van der Waals surface area contributed by atoms with Crippen LogP contribution in [-0.2, 0) is 13.0 Å². The Morgan fingerprint density at radius 2 is 1.90 bits per heavy atom. The van der Waals surface area contributed by atoms with E-state index in [-0.39, 0.29) is 0 Å². The summed E-state index contributed by atoms with van der Waals surface area (Å²) in [5.41, 5.74) is 2.49. The van der Waals surface area contributed by atoms with Crippen molar-refractivity contribution in [2.24, 2.45) is 5.92 Å². The minimum absolute atomic E-state index is 0.631. The Morgan fingerprint density at radius 1 is 1.19 bits per heavy atom. The number of aryl methyl sites for hydroxylation is 1. The van der Waals surface area contributed by atoms with Crippen molar-refractivity contribution in [1.29, 1.82) is 0 Å². The Labute approximate surface area is 130 Å². The van der Waals surface area contributed by atoms with Gasteiger partial charge in [0.1, 0.15) is 5.82 Å². The van der Waals surface area contributed by atoms with Crippen LogP contribution >= 0.6 is 0 Å². The molecule has 1 aromatic rings. The highest BCUT2D eigenvalue weighted by atomic mass is 15.2. The maximum Gasteiger partial charge on any atom is 0.129 e. The van der Waals surface area contributed by atoms with Gasteiger partial charge in [0.2, 0.25) is 0 Å². The third kappa shape index (κ3) is 6.44. The normalized spacial score (nSPS) is 11.4. The number of aromatic nitrogens is 1. The molecule has 4 nitrogen and oxygen atoms in total. The first-order valence-electron chi connectivity index (χ1n) is 8.00. The molecule has 21 heavy (non-hydrogen) atoms. The van der Waals surface area contributed by atoms with E-state index >= 15 is 0 Å². The van der Waals surface area contributed by atoms with Gasteiger partial charge in [-0.1, -0.05) is 20.8 Å². The summed E-state index contributed by atoms with van der Waals surface area (Å²) in [6, 6.07) is 4.44. The molecule has 0 bridgehead atoms. The number of hydrogen-bond acceptors (Lipinski definition) is 4. The van der Waals surface area contributed by atoms with E-state index in [1.54, 1.807) is 0 Å². The van der Waals surface area contributed by atoms with Gasteiger partial charge in [0.25, 0.3) is 0 Å². The zero-order valence-corrected chi connectivity index (χ0v) is 14.6. The summed E-state index contributed by atoms with van der Waals surface area (Å²) in [6.45, 7) is 10.7. The van der Waals surface area contributed by atoms with Crippen LogP contribution in [0, 0.1) is 5.92 Å². The fraction of sp³-hybridized carbons (Fsp3) is 0.706. The predicted molar refractivity (Wildman–Crippen MR) is 92.0 cm³/mol. The molecule has 0 aliphatic carbocycles. The zero-order valence-electron chi connectivity index (χ0n) is 14.6. The topological polar surface area (TPSA) is 31.4 Å². The average molecular weight is 292 g/mol. The molecule has 1 aromatic heterocycles. The van der Waals surface area contributed by atoms with Gasteiger partial charge < -0.3 is 15.1 Å². The molecule has 1 N–H and O–H groups in total. The van der Waals surface area contributed by atoms with Gasteiger partial charge in [-0.05, 0) is 51.2 Å². The molecule has 1 rings (SSSR count). The van der Waals surface area contributed by atoms with Crippen LogP contribution in [0.1, 0.15) is 32.0 Å². The summed E-state index contributed by atoms with van der Waals surface area (Å²) in [5, 5.41) is 3.24. The minimum atomic E-state index is 0.631. The van der Waals surface area contributed by atoms with Gasteiger partial charge in [-0.2, -0.15) is 0 Å². The monoisotopic (exact) mass is 292 g/mol. The number of pyridine rings is 1.